The average molecular weight is 508 g/mol. The van der Waals surface area contributed by atoms with Gasteiger partial charge in [0.1, 0.15) is 12.4 Å². The third-order valence-electron chi connectivity index (χ3n) is 3.75. The zero-order chi connectivity index (χ0) is 24.6. The monoisotopic (exact) mass is 507 g/mol. The van der Waals surface area contributed by atoms with Crippen LogP contribution in [0.2, 0.25) is 5.02 Å². The fraction of sp³-hybridized carbons (Fsp3) is 0.316. The molecular formula is C19H20Cl2FN3O6S. The second-order valence-electron chi connectivity index (χ2n) is 6.33. The number of hydrogen-bond acceptors (Lipinski definition) is 7. The number of hydrogen-bond donors (Lipinski definition) is 0. The fourth-order valence-corrected chi connectivity index (χ4v) is 2.50. The van der Waals surface area contributed by atoms with Crippen LogP contribution in [0.4, 0.5) is 19.7 Å². The van der Waals surface area contributed by atoms with E-state index in [0.29, 0.717) is 4.90 Å². The lowest BCUT2D eigenvalue weighted by molar-refractivity contribution is -0.151. The fourth-order valence-electron chi connectivity index (χ4n) is 2.11. The zero-order valence-corrected chi connectivity index (χ0v) is 19.8. The molecule has 0 heterocycles. The Balaban J connectivity index is 3.33. The highest BCUT2D eigenvalue weighted by Crippen LogP contribution is 2.29. The van der Waals surface area contributed by atoms with E-state index in [1.54, 1.807) is 0 Å². The van der Waals surface area contributed by atoms with Gasteiger partial charge in [-0.1, -0.05) is 35.4 Å². The molecule has 0 saturated carbocycles. The van der Waals surface area contributed by atoms with E-state index in [1.165, 1.54) is 34.1 Å². The van der Waals surface area contributed by atoms with E-state index in [4.69, 9.17) is 32.7 Å². The molecule has 174 valence electrons. The summed E-state index contributed by atoms with van der Waals surface area (Å²) in [5.41, 5.74) is 1.13. The summed E-state index contributed by atoms with van der Waals surface area (Å²) < 4.78 is 24.5. The number of thiocarbonyl (C=S) groups is 1. The van der Waals surface area contributed by atoms with Crippen LogP contribution in [-0.4, -0.2) is 73.1 Å². The molecule has 0 N–H and O–H groups in total. The van der Waals surface area contributed by atoms with Crippen LogP contribution in [0.5, 0.6) is 0 Å². The number of esters is 2. The first kappa shape index (κ1) is 27.3. The number of nitrogens with zero attached hydrogens (tertiary/aromatic N) is 3. The molecule has 0 aliphatic rings. The molecule has 0 bridgehead atoms. The Bertz CT molecular complexity index is 944. The molecular weight excluding hydrogens is 488 g/mol. The maximum Gasteiger partial charge on any atom is 0.347 e. The largest absolute Gasteiger partial charge is 0.459 e. The molecule has 0 spiro atoms. The maximum absolute atomic E-state index is 14.7. The normalized spacial score (nSPS) is 11.5. The first-order valence-corrected chi connectivity index (χ1v) is 10.1. The number of rotatable bonds is 7. The van der Waals surface area contributed by atoms with E-state index in [-0.39, 0.29) is 11.6 Å². The maximum atomic E-state index is 14.7. The molecule has 0 radical (unpaired) electrons. The average Bonchev–Trinajstić information content (AvgIpc) is 2.74. The van der Waals surface area contributed by atoms with Crippen LogP contribution in [0.25, 0.3) is 0 Å². The lowest BCUT2D eigenvalue weighted by Gasteiger charge is -2.27. The van der Waals surface area contributed by atoms with Crippen molar-refractivity contribution in [1.82, 2.24) is 9.80 Å². The Kier molecular flexibility index (Phi) is 10.5. The molecule has 1 aromatic rings. The van der Waals surface area contributed by atoms with E-state index in [0.717, 1.165) is 33.0 Å². The smallest absolute Gasteiger partial charge is 0.347 e. The van der Waals surface area contributed by atoms with Crippen LogP contribution >= 0.6 is 35.4 Å². The Morgan fingerprint density at radius 3 is 2.34 bits per heavy atom. The van der Waals surface area contributed by atoms with E-state index < -0.39 is 47.2 Å². The summed E-state index contributed by atoms with van der Waals surface area (Å²) in [7, 11) is 3.95. The van der Waals surface area contributed by atoms with Crippen molar-refractivity contribution in [3.05, 3.63) is 40.1 Å². The van der Waals surface area contributed by atoms with Crippen LogP contribution in [0.15, 0.2) is 23.7 Å². The summed E-state index contributed by atoms with van der Waals surface area (Å²) in [5, 5.41) is -0.366. The van der Waals surface area contributed by atoms with Gasteiger partial charge in [-0.2, -0.15) is 0 Å². The van der Waals surface area contributed by atoms with Crippen LogP contribution in [0.3, 0.4) is 0 Å². The van der Waals surface area contributed by atoms with Gasteiger partial charge in [0.25, 0.3) is 0 Å². The molecule has 32 heavy (non-hydrogen) atoms. The van der Waals surface area contributed by atoms with E-state index in [1.807, 2.05) is 0 Å². The van der Waals surface area contributed by atoms with Gasteiger partial charge < -0.3 is 14.4 Å². The molecule has 0 fully saturated rings. The zero-order valence-electron chi connectivity index (χ0n) is 17.5. The number of ether oxygens (including phenoxy) is 2. The van der Waals surface area contributed by atoms with Crippen molar-refractivity contribution < 1.29 is 33.0 Å². The summed E-state index contributed by atoms with van der Waals surface area (Å²) >= 11 is 16.0. The molecule has 0 aliphatic heterocycles. The predicted octanol–water partition coefficient (Wildman–Crippen LogP) is 3.82. The lowest BCUT2D eigenvalue weighted by Crippen LogP contribution is -2.48. The molecule has 0 aromatic heterocycles. The van der Waals surface area contributed by atoms with Crippen LogP contribution < -0.4 is 4.90 Å². The summed E-state index contributed by atoms with van der Waals surface area (Å²) in [6, 6.07) is -0.292. The van der Waals surface area contributed by atoms with E-state index >= 15 is 0 Å². The van der Waals surface area contributed by atoms with Gasteiger partial charge in [-0.3, -0.25) is 4.90 Å². The van der Waals surface area contributed by atoms with E-state index in [2.05, 4.69) is 12.2 Å². The van der Waals surface area contributed by atoms with Crippen LogP contribution in [-0.2, 0) is 14.3 Å². The van der Waals surface area contributed by atoms with Gasteiger partial charge in [0.05, 0.1) is 21.8 Å². The molecule has 1 atom stereocenters. The van der Waals surface area contributed by atoms with Gasteiger partial charge >= 0.3 is 24.0 Å². The first-order chi connectivity index (χ1) is 15.0. The van der Waals surface area contributed by atoms with Gasteiger partial charge in [0.15, 0.2) is 6.10 Å². The molecule has 0 saturated heterocycles. The van der Waals surface area contributed by atoms with Crippen LogP contribution in [0.1, 0.15) is 17.3 Å². The number of urea groups is 2. The first-order valence-electron chi connectivity index (χ1n) is 8.81. The summed E-state index contributed by atoms with van der Waals surface area (Å²) in [5.74, 6) is -3.04. The van der Waals surface area contributed by atoms with Crippen molar-refractivity contribution in [2.45, 2.75) is 13.0 Å². The minimum atomic E-state index is -1.34. The number of imide groups is 1. The number of amides is 4. The summed E-state index contributed by atoms with van der Waals surface area (Å²) in [4.78, 5) is 52.0. The van der Waals surface area contributed by atoms with Crippen molar-refractivity contribution in [1.29, 1.82) is 0 Å². The second-order valence-corrected chi connectivity index (χ2v) is 7.20. The third kappa shape index (κ3) is 6.87. The molecule has 0 aliphatic carbocycles. The standard InChI is InChI=1S/C19H20Cl2FN3O6S/c1-11(16(26)30-7-5-6-20)31-17(27)12-8-15(14(22)9-13(12)21)25(18(28)23(2)3)19(29)24(4)10-32/h5-6,8-11H,7H2,1-4H3/b6-5+. The quantitative estimate of drug-likeness (QED) is 0.408. The number of carbonyl (C=O) groups is 4. The Labute approximate surface area is 199 Å². The number of carbonyl (C=O) groups excluding carboxylic acids is 4. The molecule has 1 unspecified atom stereocenters. The minimum absolute atomic E-state index is 0.136. The van der Waals surface area contributed by atoms with Crippen molar-refractivity contribution in [2.24, 2.45) is 0 Å². The van der Waals surface area contributed by atoms with Gasteiger partial charge in [-0.05, 0) is 25.1 Å². The van der Waals surface area contributed by atoms with Gasteiger partial charge in [0, 0.05) is 26.7 Å². The number of benzene rings is 1. The van der Waals surface area contributed by atoms with E-state index in [9.17, 15) is 23.6 Å². The highest BCUT2D eigenvalue weighted by Gasteiger charge is 2.32. The van der Waals surface area contributed by atoms with Gasteiger partial charge in [-0.15, -0.1) is 0 Å². The molecule has 4 amide bonds. The van der Waals surface area contributed by atoms with Crippen LogP contribution in [0, 0.1) is 5.82 Å². The van der Waals surface area contributed by atoms with Crippen molar-refractivity contribution in [2.75, 3.05) is 32.6 Å². The topological polar surface area (TPSA) is 96.5 Å². The van der Waals surface area contributed by atoms with Crippen molar-refractivity contribution in [3.63, 3.8) is 0 Å². The number of anilines is 1. The molecule has 13 heteroatoms. The lowest BCUT2D eigenvalue weighted by atomic mass is 10.1. The predicted molar refractivity (Wildman–Crippen MR) is 121 cm³/mol. The van der Waals surface area contributed by atoms with Gasteiger partial charge in [0.2, 0.25) is 0 Å². The number of halogens is 3. The highest BCUT2D eigenvalue weighted by molar-refractivity contribution is 7.78. The molecule has 1 rings (SSSR count). The summed E-state index contributed by atoms with van der Waals surface area (Å²) in [6.07, 6.45) is 0.0137. The minimum Gasteiger partial charge on any atom is -0.459 e. The molecule has 1 aromatic carbocycles. The van der Waals surface area contributed by atoms with Crippen molar-refractivity contribution in [3.8, 4) is 0 Å². The van der Waals surface area contributed by atoms with Gasteiger partial charge in [-0.25, -0.2) is 28.5 Å². The second kappa shape index (κ2) is 12.3. The Morgan fingerprint density at radius 2 is 1.81 bits per heavy atom. The third-order valence-corrected chi connectivity index (χ3v) is 4.56. The summed E-state index contributed by atoms with van der Waals surface area (Å²) in [6.45, 7) is 1.12. The Morgan fingerprint density at radius 1 is 1.19 bits per heavy atom. The highest BCUT2D eigenvalue weighted by atomic mass is 35.5. The molecule has 9 nitrogen and oxygen atoms in total. The SMILES string of the molecule is CC(OC(=O)c1cc(N(C(=O)N(C)C)C(=O)N(C)C=S)c(F)cc1Cl)C(=O)OC/C=C/Cl. The van der Waals surface area contributed by atoms with Crippen molar-refractivity contribution >= 4 is 70.6 Å². The Hall–Kier alpha value is -2.76.